The van der Waals surface area contributed by atoms with Crippen molar-refractivity contribution in [2.45, 2.75) is 18.9 Å². The smallest absolute Gasteiger partial charge is 0.185 e. The number of carbonyl (C=O) groups excluding carboxylic acids is 1. The largest absolute Gasteiger partial charge is 0.350 e. The summed E-state index contributed by atoms with van der Waals surface area (Å²) in [6.07, 6.45) is 5.04. The van der Waals surface area contributed by atoms with Crippen LogP contribution in [0.3, 0.4) is 0 Å². The van der Waals surface area contributed by atoms with E-state index in [9.17, 15) is 4.79 Å². The van der Waals surface area contributed by atoms with Crippen molar-refractivity contribution in [1.82, 2.24) is 9.88 Å². The maximum Gasteiger partial charge on any atom is 0.185 e. The molecule has 1 aromatic rings. The van der Waals surface area contributed by atoms with Gasteiger partial charge < -0.3 is 9.80 Å². The molecule has 5 heteroatoms. The number of carbonyl (C=O) groups is 1. The molecule has 0 amide bonds. The Labute approximate surface area is 99.9 Å². The van der Waals surface area contributed by atoms with Crippen LogP contribution >= 0.6 is 11.3 Å². The van der Waals surface area contributed by atoms with E-state index in [4.69, 9.17) is 0 Å². The summed E-state index contributed by atoms with van der Waals surface area (Å²) >= 11 is 1.45. The van der Waals surface area contributed by atoms with Crippen LogP contribution in [-0.4, -0.2) is 49.4 Å². The first-order valence-corrected chi connectivity index (χ1v) is 6.34. The van der Waals surface area contributed by atoms with Crippen molar-refractivity contribution in [3.05, 3.63) is 11.1 Å². The number of thiazole rings is 1. The van der Waals surface area contributed by atoms with E-state index in [0.29, 0.717) is 10.9 Å². The van der Waals surface area contributed by atoms with Gasteiger partial charge in [0.05, 0.1) is 11.1 Å². The lowest BCUT2D eigenvalue weighted by atomic mass is 10.2. The van der Waals surface area contributed by atoms with Crippen LogP contribution in [0.25, 0.3) is 0 Å². The van der Waals surface area contributed by atoms with Gasteiger partial charge in [-0.2, -0.15) is 0 Å². The molecule has 2 heterocycles. The third-order valence-electron chi connectivity index (χ3n) is 3.11. The second-order valence-corrected chi connectivity index (χ2v) is 5.36. The van der Waals surface area contributed by atoms with E-state index in [0.717, 1.165) is 18.0 Å². The van der Waals surface area contributed by atoms with Crippen molar-refractivity contribution >= 4 is 22.8 Å². The fourth-order valence-electron chi connectivity index (χ4n) is 2.11. The van der Waals surface area contributed by atoms with E-state index in [1.54, 1.807) is 6.20 Å². The van der Waals surface area contributed by atoms with Crippen molar-refractivity contribution in [3.63, 3.8) is 0 Å². The minimum atomic E-state index is 0.619. The van der Waals surface area contributed by atoms with Crippen molar-refractivity contribution in [3.8, 4) is 0 Å². The minimum absolute atomic E-state index is 0.619. The molecule has 1 aromatic heterocycles. The summed E-state index contributed by atoms with van der Waals surface area (Å²) < 4.78 is 0. The van der Waals surface area contributed by atoms with Crippen LogP contribution in [0, 0.1) is 0 Å². The fraction of sp³-hybridized carbons (Fsp3) is 0.636. The van der Waals surface area contributed by atoms with Gasteiger partial charge in [0, 0.05) is 19.6 Å². The number of anilines is 1. The maximum absolute atomic E-state index is 10.6. The summed E-state index contributed by atoms with van der Waals surface area (Å²) in [5, 5.41) is 0.933. The molecule has 88 valence electrons. The Balaban J connectivity index is 1.96. The zero-order chi connectivity index (χ0) is 11.5. The predicted octanol–water partition coefficient (Wildman–Crippen LogP) is 1.49. The van der Waals surface area contributed by atoms with Crippen molar-refractivity contribution < 1.29 is 4.79 Å². The first-order valence-electron chi connectivity index (χ1n) is 5.53. The SMILES string of the molecule is CN(CC1CCCN1C)c1ncc(C=O)s1. The zero-order valence-corrected chi connectivity index (χ0v) is 10.5. The highest BCUT2D eigenvalue weighted by Gasteiger charge is 2.22. The molecule has 1 atom stereocenters. The minimum Gasteiger partial charge on any atom is -0.350 e. The van der Waals surface area contributed by atoms with Gasteiger partial charge in [-0.3, -0.25) is 4.79 Å². The van der Waals surface area contributed by atoms with E-state index < -0.39 is 0 Å². The summed E-state index contributed by atoms with van der Waals surface area (Å²) in [4.78, 5) is 20.1. The van der Waals surface area contributed by atoms with Gasteiger partial charge in [0.25, 0.3) is 0 Å². The second kappa shape index (κ2) is 4.93. The molecule has 1 saturated heterocycles. The number of likely N-dealkylation sites (N-methyl/N-ethyl adjacent to an activating group) is 2. The lowest BCUT2D eigenvalue weighted by Gasteiger charge is -2.25. The molecule has 1 unspecified atom stereocenters. The first kappa shape index (κ1) is 11.5. The van der Waals surface area contributed by atoms with Crippen LogP contribution in [-0.2, 0) is 0 Å². The lowest BCUT2D eigenvalue weighted by Crippen LogP contribution is -2.36. The second-order valence-electron chi connectivity index (χ2n) is 4.32. The maximum atomic E-state index is 10.6. The number of nitrogens with zero attached hydrogens (tertiary/aromatic N) is 3. The molecular formula is C11H17N3OS. The van der Waals surface area contributed by atoms with E-state index in [1.807, 2.05) is 7.05 Å². The third kappa shape index (κ3) is 2.41. The molecule has 0 spiro atoms. The van der Waals surface area contributed by atoms with Crippen LogP contribution in [0.1, 0.15) is 22.5 Å². The Kier molecular flexibility index (Phi) is 3.56. The highest BCUT2D eigenvalue weighted by Crippen LogP contribution is 2.22. The van der Waals surface area contributed by atoms with Crippen molar-refractivity contribution in [2.24, 2.45) is 0 Å². The molecule has 0 aliphatic carbocycles. The van der Waals surface area contributed by atoms with Gasteiger partial charge in [-0.05, 0) is 26.4 Å². The van der Waals surface area contributed by atoms with E-state index >= 15 is 0 Å². The molecule has 0 aromatic carbocycles. The van der Waals surface area contributed by atoms with Crippen LogP contribution in [0.2, 0.25) is 0 Å². The Hall–Kier alpha value is -0.940. The topological polar surface area (TPSA) is 36.4 Å². The molecule has 1 aliphatic heterocycles. The quantitative estimate of drug-likeness (QED) is 0.746. The lowest BCUT2D eigenvalue weighted by molar-refractivity contribution is 0.112. The van der Waals surface area contributed by atoms with Gasteiger partial charge in [-0.25, -0.2) is 4.98 Å². The van der Waals surface area contributed by atoms with E-state index in [2.05, 4.69) is 21.8 Å². The number of aldehydes is 1. The van der Waals surface area contributed by atoms with Crippen molar-refractivity contribution in [2.75, 3.05) is 32.1 Å². The monoisotopic (exact) mass is 239 g/mol. The third-order valence-corrected chi connectivity index (χ3v) is 4.15. The van der Waals surface area contributed by atoms with Crippen molar-refractivity contribution in [1.29, 1.82) is 0 Å². The zero-order valence-electron chi connectivity index (χ0n) is 9.72. The summed E-state index contributed by atoms with van der Waals surface area (Å²) in [6.45, 7) is 2.18. The molecule has 0 radical (unpaired) electrons. The number of aromatic nitrogens is 1. The van der Waals surface area contributed by atoms with Gasteiger partial charge in [-0.1, -0.05) is 11.3 Å². The average Bonchev–Trinajstić information content (AvgIpc) is 2.88. The molecule has 0 bridgehead atoms. The molecule has 4 nitrogen and oxygen atoms in total. The number of rotatable bonds is 4. The number of hydrogen-bond donors (Lipinski definition) is 0. The summed E-state index contributed by atoms with van der Waals surface area (Å²) in [5.74, 6) is 0. The molecule has 1 fully saturated rings. The van der Waals surface area contributed by atoms with Crippen LogP contribution in [0.15, 0.2) is 6.20 Å². The van der Waals surface area contributed by atoms with Crippen LogP contribution < -0.4 is 4.90 Å². The number of likely N-dealkylation sites (tertiary alicyclic amines) is 1. The van der Waals surface area contributed by atoms with Gasteiger partial charge in [0.1, 0.15) is 0 Å². The summed E-state index contributed by atoms with van der Waals surface area (Å²) in [5.41, 5.74) is 0. The van der Waals surface area contributed by atoms with Gasteiger partial charge >= 0.3 is 0 Å². The normalized spacial score (nSPS) is 21.2. The van der Waals surface area contributed by atoms with Gasteiger partial charge in [-0.15, -0.1) is 0 Å². The Morgan fingerprint density at radius 1 is 1.75 bits per heavy atom. The standard InChI is InChI=1S/C11H17N3OS/c1-13-5-3-4-9(13)7-14(2)11-12-6-10(8-15)16-11/h6,8-9H,3-5,7H2,1-2H3. The molecular weight excluding hydrogens is 222 g/mol. The molecule has 0 N–H and O–H groups in total. The van der Waals surface area contributed by atoms with E-state index in [-0.39, 0.29) is 0 Å². The Morgan fingerprint density at radius 3 is 3.12 bits per heavy atom. The predicted molar refractivity (Wildman–Crippen MR) is 66.4 cm³/mol. The molecule has 16 heavy (non-hydrogen) atoms. The molecule has 1 aliphatic rings. The first-order chi connectivity index (χ1) is 7.70. The van der Waals surface area contributed by atoms with Crippen LogP contribution in [0.5, 0.6) is 0 Å². The summed E-state index contributed by atoms with van der Waals surface area (Å²) in [7, 11) is 4.21. The Morgan fingerprint density at radius 2 is 2.56 bits per heavy atom. The average molecular weight is 239 g/mol. The van der Waals surface area contributed by atoms with E-state index in [1.165, 1.54) is 30.7 Å². The summed E-state index contributed by atoms with van der Waals surface area (Å²) in [6, 6.07) is 0.619. The molecule has 0 saturated carbocycles. The van der Waals surface area contributed by atoms with Crippen LogP contribution in [0.4, 0.5) is 5.13 Å². The van der Waals surface area contributed by atoms with Gasteiger partial charge in [0.2, 0.25) is 0 Å². The molecule has 2 rings (SSSR count). The highest BCUT2D eigenvalue weighted by atomic mass is 32.1. The Bertz CT molecular complexity index is 366. The van der Waals surface area contributed by atoms with Gasteiger partial charge in [0.15, 0.2) is 11.4 Å². The fourth-order valence-corrected chi connectivity index (χ4v) is 2.81. The number of hydrogen-bond acceptors (Lipinski definition) is 5. The highest BCUT2D eigenvalue weighted by molar-refractivity contribution is 7.17.